The van der Waals surface area contributed by atoms with Crippen molar-refractivity contribution >= 4 is 39.1 Å². The molecule has 0 aliphatic carbocycles. The number of hydrogen-bond acceptors (Lipinski definition) is 3. The molecular weight excluding hydrogens is 419 g/mol. The molecule has 0 heterocycles. The molecule has 0 spiro atoms. The fourth-order valence-corrected chi connectivity index (χ4v) is 4.21. The number of sulfonamides is 1. The van der Waals surface area contributed by atoms with Gasteiger partial charge in [-0.05, 0) is 48.2 Å². The Morgan fingerprint density at radius 2 is 1.71 bits per heavy atom. The SMILES string of the molecule is CC(C)CCNC(=O)CN(Cc1ccccc1Cl)S(=O)(=O)c1ccc(Cl)cc1. The Kier molecular flexibility index (Phi) is 8.31. The van der Waals surface area contributed by atoms with E-state index < -0.39 is 10.0 Å². The molecule has 0 aliphatic rings. The molecule has 0 aromatic heterocycles. The van der Waals surface area contributed by atoms with Crippen molar-refractivity contribution in [2.75, 3.05) is 13.1 Å². The smallest absolute Gasteiger partial charge is 0.243 e. The van der Waals surface area contributed by atoms with Crippen LogP contribution in [0.1, 0.15) is 25.8 Å². The Morgan fingerprint density at radius 1 is 1.07 bits per heavy atom. The zero-order valence-electron chi connectivity index (χ0n) is 15.9. The van der Waals surface area contributed by atoms with Crippen molar-refractivity contribution in [1.82, 2.24) is 9.62 Å². The minimum absolute atomic E-state index is 0.0117. The summed E-state index contributed by atoms with van der Waals surface area (Å²) in [5.74, 6) is 0.0857. The monoisotopic (exact) mass is 442 g/mol. The molecule has 1 amide bonds. The fourth-order valence-electron chi connectivity index (χ4n) is 2.51. The van der Waals surface area contributed by atoms with Crippen LogP contribution in [-0.2, 0) is 21.4 Å². The summed E-state index contributed by atoms with van der Waals surface area (Å²) in [6.45, 7) is 4.30. The molecular formula is C20H24Cl2N2O3S. The number of carbonyl (C=O) groups excluding carboxylic acids is 1. The first kappa shape index (κ1) is 22.7. The normalized spacial score (nSPS) is 11.8. The maximum atomic E-state index is 13.1. The van der Waals surface area contributed by atoms with Crippen molar-refractivity contribution in [1.29, 1.82) is 0 Å². The average Bonchev–Trinajstić information content (AvgIpc) is 2.63. The minimum Gasteiger partial charge on any atom is -0.355 e. The van der Waals surface area contributed by atoms with E-state index in [0.29, 0.717) is 28.1 Å². The van der Waals surface area contributed by atoms with Gasteiger partial charge in [-0.3, -0.25) is 4.79 Å². The van der Waals surface area contributed by atoms with E-state index >= 15 is 0 Å². The molecule has 2 aromatic carbocycles. The van der Waals surface area contributed by atoms with E-state index in [0.717, 1.165) is 10.7 Å². The van der Waals surface area contributed by atoms with E-state index in [4.69, 9.17) is 23.2 Å². The molecule has 2 rings (SSSR count). The predicted octanol–water partition coefficient (Wildman–Crippen LogP) is 4.35. The van der Waals surface area contributed by atoms with E-state index in [1.54, 1.807) is 24.3 Å². The van der Waals surface area contributed by atoms with Crippen LogP contribution in [0.4, 0.5) is 0 Å². The van der Waals surface area contributed by atoms with Crippen LogP contribution in [0.2, 0.25) is 10.0 Å². The third-order valence-corrected chi connectivity index (χ3v) is 6.55. The lowest BCUT2D eigenvalue weighted by Gasteiger charge is -2.22. The van der Waals surface area contributed by atoms with E-state index in [-0.39, 0.29) is 23.9 Å². The van der Waals surface area contributed by atoms with Crippen LogP contribution in [0.5, 0.6) is 0 Å². The molecule has 0 fully saturated rings. The van der Waals surface area contributed by atoms with Gasteiger partial charge in [-0.2, -0.15) is 4.31 Å². The second-order valence-electron chi connectivity index (χ2n) is 6.85. The minimum atomic E-state index is -3.91. The number of amides is 1. The van der Waals surface area contributed by atoms with Crippen LogP contribution in [0, 0.1) is 5.92 Å². The van der Waals surface area contributed by atoms with Gasteiger partial charge >= 0.3 is 0 Å². The Bertz CT molecular complexity index is 900. The van der Waals surface area contributed by atoms with Crippen molar-refractivity contribution in [2.45, 2.75) is 31.7 Å². The summed E-state index contributed by atoms with van der Waals surface area (Å²) >= 11 is 12.1. The lowest BCUT2D eigenvalue weighted by Crippen LogP contribution is -2.40. The number of benzene rings is 2. The molecule has 0 bridgehead atoms. The summed E-state index contributed by atoms with van der Waals surface area (Å²) in [7, 11) is -3.91. The number of nitrogens with one attached hydrogen (secondary N) is 1. The van der Waals surface area contributed by atoms with Crippen molar-refractivity contribution in [2.24, 2.45) is 5.92 Å². The zero-order valence-corrected chi connectivity index (χ0v) is 18.2. The molecule has 8 heteroatoms. The second kappa shape index (κ2) is 10.3. The summed E-state index contributed by atoms with van der Waals surface area (Å²) in [6.07, 6.45) is 0.820. The van der Waals surface area contributed by atoms with Gasteiger partial charge in [0.25, 0.3) is 0 Å². The molecule has 2 aromatic rings. The van der Waals surface area contributed by atoms with E-state index in [1.165, 1.54) is 24.3 Å². The van der Waals surface area contributed by atoms with Gasteiger partial charge < -0.3 is 5.32 Å². The molecule has 1 N–H and O–H groups in total. The quantitative estimate of drug-likeness (QED) is 0.627. The lowest BCUT2D eigenvalue weighted by atomic mass is 10.1. The van der Waals surface area contributed by atoms with Crippen molar-refractivity contribution in [3.8, 4) is 0 Å². The summed E-state index contributed by atoms with van der Waals surface area (Å²) < 4.78 is 27.4. The maximum Gasteiger partial charge on any atom is 0.243 e. The molecule has 5 nitrogen and oxygen atoms in total. The van der Waals surface area contributed by atoms with E-state index in [2.05, 4.69) is 19.2 Å². The van der Waals surface area contributed by atoms with Gasteiger partial charge in [0, 0.05) is 23.1 Å². The Balaban J connectivity index is 2.26. The van der Waals surface area contributed by atoms with Gasteiger partial charge in [0.05, 0.1) is 11.4 Å². The van der Waals surface area contributed by atoms with Crippen LogP contribution >= 0.6 is 23.2 Å². The van der Waals surface area contributed by atoms with Gasteiger partial charge in [-0.25, -0.2) is 8.42 Å². The number of rotatable bonds is 9. The largest absolute Gasteiger partial charge is 0.355 e. The van der Waals surface area contributed by atoms with E-state index in [1.807, 2.05) is 0 Å². The standard InChI is InChI=1S/C20H24Cl2N2O3S/c1-15(2)11-12-23-20(25)14-24(13-16-5-3-4-6-19(16)22)28(26,27)18-9-7-17(21)8-10-18/h3-10,15H,11-14H2,1-2H3,(H,23,25). The van der Waals surface area contributed by atoms with Crippen molar-refractivity contribution in [3.05, 3.63) is 64.1 Å². The molecule has 0 unspecified atom stereocenters. The molecule has 28 heavy (non-hydrogen) atoms. The van der Waals surface area contributed by atoms with Crippen molar-refractivity contribution < 1.29 is 13.2 Å². The molecule has 0 saturated heterocycles. The fraction of sp³-hybridized carbons (Fsp3) is 0.350. The molecule has 152 valence electrons. The highest BCUT2D eigenvalue weighted by molar-refractivity contribution is 7.89. The highest BCUT2D eigenvalue weighted by Gasteiger charge is 2.27. The summed E-state index contributed by atoms with van der Waals surface area (Å²) in [5, 5.41) is 3.66. The topological polar surface area (TPSA) is 66.5 Å². The number of halogens is 2. The van der Waals surface area contributed by atoms with Crippen LogP contribution in [0.3, 0.4) is 0 Å². The van der Waals surface area contributed by atoms with E-state index in [9.17, 15) is 13.2 Å². The van der Waals surface area contributed by atoms with Crippen LogP contribution in [0.15, 0.2) is 53.4 Å². The van der Waals surface area contributed by atoms with Gasteiger partial charge in [0.15, 0.2) is 0 Å². The van der Waals surface area contributed by atoms with Gasteiger partial charge in [-0.1, -0.05) is 55.2 Å². The first-order valence-corrected chi connectivity index (χ1v) is 11.2. The maximum absolute atomic E-state index is 13.1. The molecule has 0 atom stereocenters. The predicted molar refractivity (Wildman–Crippen MR) is 113 cm³/mol. The lowest BCUT2D eigenvalue weighted by molar-refractivity contribution is -0.121. The van der Waals surface area contributed by atoms with Crippen LogP contribution < -0.4 is 5.32 Å². The first-order chi connectivity index (χ1) is 13.2. The molecule has 0 aliphatic heterocycles. The number of nitrogens with zero attached hydrogens (tertiary/aromatic N) is 1. The Morgan fingerprint density at radius 3 is 2.32 bits per heavy atom. The highest BCUT2D eigenvalue weighted by atomic mass is 35.5. The third-order valence-electron chi connectivity index (χ3n) is 4.12. The summed E-state index contributed by atoms with van der Waals surface area (Å²) in [5.41, 5.74) is 0.622. The molecule has 0 radical (unpaired) electrons. The van der Waals surface area contributed by atoms with Gasteiger partial charge in [-0.15, -0.1) is 0 Å². The Hall–Kier alpha value is -1.60. The number of hydrogen-bond donors (Lipinski definition) is 1. The number of carbonyl (C=O) groups is 1. The van der Waals surface area contributed by atoms with Crippen LogP contribution in [0.25, 0.3) is 0 Å². The van der Waals surface area contributed by atoms with Crippen molar-refractivity contribution in [3.63, 3.8) is 0 Å². The second-order valence-corrected chi connectivity index (χ2v) is 9.63. The van der Waals surface area contributed by atoms with Crippen LogP contribution in [-0.4, -0.2) is 31.7 Å². The summed E-state index contributed by atoms with van der Waals surface area (Å²) in [6, 6.07) is 12.8. The average molecular weight is 443 g/mol. The highest BCUT2D eigenvalue weighted by Crippen LogP contribution is 2.23. The Labute approximate surface area is 176 Å². The third kappa shape index (κ3) is 6.48. The summed E-state index contributed by atoms with van der Waals surface area (Å²) in [4.78, 5) is 12.4. The van der Waals surface area contributed by atoms with Gasteiger partial charge in [0.1, 0.15) is 0 Å². The molecule has 0 saturated carbocycles. The first-order valence-electron chi connectivity index (χ1n) is 8.96. The zero-order chi connectivity index (χ0) is 20.7. The van der Waals surface area contributed by atoms with Gasteiger partial charge in [0.2, 0.25) is 15.9 Å².